The van der Waals surface area contributed by atoms with Gasteiger partial charge in [0, 0.05) is 25.2 Å². The number of hydrogen-bond donors (Lipinski definition) is 1. The lowest BCUT2D eigenvalue weighted by atomic mass is 10.2. The standard InChI is InChI=1S/C11H11BrS2/c1-2-8-5-9-10(13)4-3-7(6-12)11(9)14-8/h3-5,13H,2,6H2,1H3. The van der Waals surface area contributed by atoms with Crippen LogP contribution in [0.1, 0.15) is 17.4 Å². The van der Waals surface area contributed by atoms with E-state index < -0.39 is 0 Å². The number of alkyl halides is 1. The van der Waals surface area contributed by atoms with Crippen molar-refractivity contribution >= 4 is 50.0 Å². The summed E-state index contributed by atoms with van der Waals surface area (Å²) in [6.45, 7) is 2.19. The summed E-state index contributed by atoms with van der Waals surface area (Å²) in [5.41, 5.74) is 1.36. The van der Waals surface area contributed by atoms with E-state index in [1.54, 1.807) is 0 Å². The Hall–Kier alpha value is 0.01000. The number of hydrogen-bond acceptors (Lipinski definition) is 2. The van der Waals surface area contributed by atoms with Gasteiger partial charge in [0.1, 0.15) is 0 Å². The van der Waals surface area contributed by atoms with Crippen molar-refractivity contribution in [2.75, 3.05) is 0 Å². The molecule has 0 bridgehead atoms. The molecule has 1 aromatic carbocycles. The van der Waals surface area contributed by atoms with Gasteiger partial charge in [0.05, 0.1) is 0 Å². The van der Waals surface area contributed by atoms with E-state index in [9.17, 15) is 0 Å². The molecule has 0 fully saturated rings. The largest absolute Gasteiger partial charge is 0.143 e. The lowest BCUT2D eigenvalue weighted by Gasteiger charge is -1.99. The van der Waals surface area contributed by atoms with Crippen molar-refractivity contribution in [3.05, 3.63) is 28.6 Å². The summed E-state index contributed by atoms with van der Waals surface area (Å²) in [7, 11) is 0. The van der Waals surface area contributed by atoms with Crippen molar-refractivity contribution in [1.82, 2.24) is 0 Å². The Kier molecular flexibility index (Phi) is 3.20. The Bertz CT molecular complexity index is 460. The zero-order valence-corrected chi connectivity index (χ0v) is 11.2. The summed E-state index contributed by atoms with van der Waals surface area (Å²) in [5.74, 6) is 0. The van der Waals surface area contributed by atoms with Crippen LogP contribution < -0.4 is 0 Å². The fraction of sp³-hybridized carbons (Fsp3) is 0.273. The molecule has 0 spiro atoms. The summed E-state index contributed by atoms with van der Waals surface area (Å²) in [5, 5.41) is 2.22. The van der Waals surface area contributed by atoms with Crippen molar-refractivity contribution in [2.24, 2.45) is 0 Å². The Morgan fingerprint density at radius 2 is 2.21 bits per heavy atom. The Balaban J connectivity index is 2.74. The highest BCUT2D eigenvalue weighted by Gasteiger charge is 2.07. The quantitative estimate of drug-likeness (QED) is 0.603. The first-order valence-corrected chi connectivity index (χ1v) is 6.94. The maximum absolute atomic E-state index is 4.48. The van der Waals surface area contributed by atoms with Gasteiger partial charge in [-0.1, -0.05) is 28.9 Å². The van der Waals surface area contributed by atoms with E-state index in [0.29, 0.717) is 0 Å². The highest BCUT2D eigenvalue weighted by molar-refractivity contribution is 9.08. The number of rotatable bonds is 2. The van der Waals surface area contributed by atoms with Crippen LogP contribution in [0.15, 0.2) is 23.1 Å². The second-order valence-corrected chi connectivity index (χ2v) is 5.37. The second kappa shape index (κ2) is 4.25. The fourth-order valence-electron chi connectivity index (χ4n) is 1.50. The summed E-state index contributed by atoms with van der Waals surface area (Å²) in [4.78, 5) is 2.52. The van der Waals surface area contributed by atoms with Crippen molar-refractivity contribution in [3.8, 4) is 0 Å². The molecular formula is C11H11BrS2. The predicted molar refractivity (Wildman–Crippen MR) is 71.1 cm³/mol. The molecule has 0 unspecified atom stereocenters. The van der Waals surface area contributed by atoms with E-state index in [4.69, 9.17) is 0 Å². The minimum Gasteiger partial charge on any atom is -0.143 e. The first kappa shape index (κ1) is 10.5. The zero-order chi connectivity index (χ0) is 10.1. The van der Waals surface area contributed by atoms with Crippen LogP contribution in [0, 0.1) is 0 Å². The van der Waals surface area contributed by atoms with Gasteiger partial charge in [0.2, 0.25) is 0 Å². The SMILES string of the molecule is CCc1cc2c(S)ccc(CBr)c2s1. The minimum atomic E-state index is 0.918. The maximum Gasteiger partial charge on any atom is 0.0397 e. The van der Waals surface area contributed by atoms with Crippen LogP contribution in [0.5, 0.6) is 0 Å². The Morgan fingerprint density at radius 1 is 1.43 bits per heavy atom. The zero-order valence-electron chi connectivity index (χ0n) is 7.88. The molecule has 3 heteroatoms. The average molecular weight is 287 g/mol. The van der Waals surface area contributed by atoms with Crippen LogP contribution >= 0.6 is 39.9 Å². The number of benzene rings is 1. The van der Waals surface area contributed by atoms with Gasteiger partial charge in [-0.25, -0.2) is 0 Å². The van der Waals surface area contributed by atoms with Crippen molar-refractivity contribution in [3.63, 3.8) is 0 Å². The predicted octanol–water partition coefficient (Wildman–Crippen LogP) is 4.65. The van der Waals surface area contributed by atoms with Gasteiger partial charge in [-0.15, -0.1) is 24.0 Å². The average Bonchev–Trinajstić information content (AvgIpc) is 2.63. The van der Waals surface area contributed by atoms with Gasteiger partial charge in [-0.2, -0.15) is 0 Å². The summed E-state index contributed by atoms with van der Waals surface area (Å²) in [6, 6.07) is 6.48. The molecule has 0 saturated heterocycles. The highest BCUT2D eigenvalue weighted by Crippen LogP contribution is 2.34. The van der Waals surface area contributed by atoms with E-state index in [1.165, 1.54) is 20.5 Å². The molecule has 2 aromatic rings. The lowest BCUT2D eigenvalue weighted by molar-refractivity contribution is 1.19. The lowest BCUT2D eigenvalue weighted by Crippen LogP contribution is -1.77. The number of thiophene rings is 1. The summed E-state index contributed by atoms with van der Waals surface area (Å²) in [6.07, 6.45) is 1.11. The van der Waals surface area contributed by atoms with Gasteiger partial charge in [-0.05, 0) is 24.1 Å². The third kappa shape index (κ3) is 1.73. The molecule has 0 nitrogen and oxygen atoms in total. The van der Waals surface area contributed by atoms with Crippen molar-refractivity contribution in [1.29, 1.82) is 0 Å². The molecule has 0 radical (unpaired) electrons. The van der Waals surface area contributed by atoms with Crippen LogP contribution in [-0.4, -0.2) is 0 Å². The molecule has 74 valence electrons. The highest BCUT2D eigenvalue weighted by atomic mass is 79.9. The molecule has 1 aromatic heterocycles. The first-order chi connectivity index (χ1) is 6.76. The molecule has 0 N–H and O–H groups in total. The third-order valence-corrected chi connectivity index (χ3v) is 4.63. The van der Waals surface area contributed by atoms with Crippen molar-refractivity contribution < 1.29 is 0 Å². The van der Waals surface area contributed by atoms with Gasteiger partial charge >= 0.3 is 0 Å². The molecule has 0 aliphatic rings. The Morgan fingerprint density at radius 3 is 2.86 bits per heavy atom. The van der Waals surface area contributed by atoms with Gasteiger partial charge < -0.3 is 0 Å². The fourth-order valence-corrected chi connectivity index (χ4v) is 3.61. The van der Waals surface area contributed by atoms with Crippen LogP contribution in [0.2, 0.25) is 0 Å². The molecule has 0 aliphatic heterocycles. The molecule has 0 aliphatic carbocycles. The van der Waals surface area contributed by atoms with Gasteiger partial charge in [0.25, 0.3) is 0 Å². The van der Waals surface area contributed by atoms with E-state index >= 15 is 0 Å². The maximum atomic E-state index is 4.48. The van der Waals surface area contributed by atoms with E-state index in [1.807, 2.05) is 11.3 Å². The first-order valence-electron chi connectivity index (χ1n) is 4.55. The molecule has 1 heterocycles. The van der Waals surface area contributed by atoms with Crippen LogP contribution in [0.4, 0.5) is 0 Å². The summed E-state index contributed by atoms with van der Waals surface area (Å²) >= 11 is 9.88. The minimum absolute atomic E-state index is 0.918. The molecule has 0 saturated carbocycles. The van der Waals surface area contributed by atoms with Gasteiger partial charge in [0.15, 0.2) is 0 Å². The van der Waals surface area contributed by atoms with Gasteiger partial charge in [-0.3, -0.25) is 0 Å². The van der Waals surface area contributed by atoms with E-state index in [-0.39, 0.29) is 0 Å². The normalized spacial score (nSPS) is 11.1. The number of aryl methyl sites for hydroxylation is 1. The van der Waals surface area contributed by atoms with E-state index in [0.717, 1.165) is 16.6 Å². The third-order valence-electron chi connectivity index (χ3n) is 2.29. The smallest absolute Gasteiger partial charge is 0.0397 e. The number of halogens is 1. The van der Waals surface area contributed by atoms with Crippen LogP contribution in [0.3, 0.4) is 0 Å². The molecule has 0 atom stereocenters. The van der Waals surface area contributed by atoms with Crippen molar-refractivity contribution in [2.45, 2.75) is 23.6 Å². The monoisotopic (exact) mass is 286 g/mol. The molecule has 14 heavy (non-hydrogen) atoms. The van der Waals surface area contributed by atoms with Crippen LogP contribution in [0.25, 0.3) is 10.1 Å². The molecule has 2 rings (SSSR count). The second-order valence-electron chi connectivity index (χ2n) is 3.19. The van der Waals surface area contributed by atoms with E-state index in [2.05, 4.69) is 53.7 Å². The molecular weight excluding hydrogens is 276 g/mol. The number of thiol groups is 1. The topological polar surface area (TPSA) is 0 Å². The molecule has 0 amide bonds. The summed E-state index contributed by atoms with van der Waals surface area (Å²) < 4.78 is 1.38. The number of fused-ring (bicyclic) bond motifs is 1. The Labute approximate surface area is 102 Å². The van der Waals surface area contributed by atoms with Crippen LogP contribution in [-0.2, 0) is 11.8 Å².